The Morgan fingerprint density at radius 2 is 2.06 bits per heavy atom. The number of nitrogens with zero attached hydrogens (tertiary/aromatic N) is 1. The first-order valence-corrected chi connectivity index (χ1v) is 5.91. The molecule has 1 unspecified atom stereocenters. The zero-order valence-corrected chi connectivity index (χ0v) is 10.6. The number of halogens is 1. The van der Waals surface area contributed by atoms with Crippen LogP contribution in [0.1, 0.15) is 24.3 Å². The van der Waals surface area contributed by atoms with Crippen molar-refractivity contribution in [1.82, 2.24) is 0 Å². The summed E-state index contributed by atoms with van der Waals surface area (Å²) in [6.45, 7) is 3.22. The van der Waals surface area contributed by atoms with Gasteiger partial charge in [-0.3, -0.25) is 0 Å². The number of ether oxygens (including phenoxy) is 2. The number of hydrogen-bond acceptors (Lipinski definition) is 3. The third-order valence-corrected chi connectivity index (χ3v) is 3.05. The minimum atomic E-state index is -0.541. The molecule has 1 heterocycles. The maximum Gasteiger partial charge on any atom is 0.183 e. The van der Waals surface area contributed by atoms with Gasteiger partial charge in [0.05, 0.1) is 18.8 Å². The van der Waals surface area contributed by atoms with Gasteiger partial charge in [-0.05, 0) is 17.4 Å². The zero-order chi connectivity index (χ0) is 12.4. The molecule has 1 aliphatic heterocycles. The summed E-state index contributed by atoms with van der Waals surface area (Å²) in [5, 5.41) is 9.29. The Hall–Kier alpha value is -1.01. The van der Waals surface area contributed by atoms with Gasteiger partial charge >= 0.3 is 0 Å². The number of nitriles is 1. The molecule has 0 saturated carbocycles. The van der Waals surface area contributed by atoms with Gasteiger partial charge in [-0.15, -0.1) is 9.24 Å². The molecule has 3 nitrogen and oxygen atoms in total. The van der Waals surface area contributed by atoms with E-state index >= 15 is 0 Å². The monoisotopic (exact) mass is 253 g/mol. The van der Waals surface area contributed by atoms with E-state index in [2.05, 4.69) is 9.24 Å². The lowest BCUT2D eigenvalue weighted by atomic mass is 10.1. The fourth-order valence-corrected chi connectivity index (χ4v) is 2.09. The summed E-state index contributed by atoms with van der Waals surface area (Å²) in [4.78, 5) is 0. The van der Waals surface area contributed by atoms with E-state index in [1.165, 1.54) is 6.07 Å². The largest absolute Gasteiger partial charge is 0.348 e. The molecule has 2 rings (SSSR count). The van der Waals surface area contributed by atoms with Crippen LogP contribution in [0.25, 0.3) is 0 Å². The Bertz CT molecular complexity index is 441. The average molecular weight is 253 g/mol. The van der Waals surface area contributed by atoms with Gasteiger partial charge in [0.25, 0.3) is 0 Å². The van der Waals surface area contributed by atoms with Crippen molar-refractivity contribution in [1.29, 1.82) is 5.26 Å². The van der Waals surface area contributed by atoms with E-state index in [9.17, 15) is 4.39 Å². The molecule has 90 valence electrons. The Morgan fingerprint density at radius 3 is 2.59 bits per heavy atom. The summed E-state index contributed by atoms with van der Waals surface area (Å²) in [6.07, 6.45) is -0.534. The van der Waals surface area contributed by atoms with Gasteiger partial charge in [0.1, 0.15) is 11.9 Å². The maximum atomic E-state index is 13.6. The molecule has 17 heavy (non-hydrogen) atoms. The summed E-state index contributed by atoms with van der Waals surface area (Å²) >= 11 is 0. The lowest BCUT2D eigenvalue weighted by molar-refractivity contribution is -0.202. The molecule has 0 bridgehead atoms. The molecule has 0 aromatic heterocycles. The molecule has 0 radical (unpaired) electrons. The zero-order valence-electron chi connectivity index (χ0n) is 9.44. The first-order valence-electron chi connectivity index (χ1n) is 5.34. The molecular formula is C12H13FNO2P. The highest BCUT2D eigenvalue weighted by Gasteiger charge is 2.22. The molecule has 1 aromatic carbocycles. The predicted molar refractivity (Wildman–Crippen MR) is 64.3 cm³/mol. The van der Waals surface area contributed by atoms with Crippen LogP contribution in [-0.4, -0.2) is 13.2 Å². The third kappa shape index (κ3) is 2.63. The van der Waals surface area contributed by atoms with Gasteiger partial charge in [0, 0.05) is 11.5 Å². The smallest absolute Gasteiger partial charge is 0.183 e. The topological polar surface area (TPSA) is 42.2 Å². The summed E-state index contributed by atoms with van der Waals surface area (Å²) in [6, 6.07) is 4.82. The van der Waals surface area contributed by atoms with E-state index in [0.29, 0.717) is 30.0 Å². The molecule has 5 heteroatoms. The van der Waals surface area contributed by atoms with E-state index in [1.54, 1.807) is 6.07 Å². The Kier molecular flexibility index (Phi) is 3.73. The Morgan fingerprint density at radius 1 is 1.41 bits per heavy atom. The van der Waals surface area contributed by atoms with Gasteiger partial charge in [-0.2, -0.15) is 5.26 Å². The molecule has 1 fully saturated rings. The lowest BCUT2D eigenvalue weighted by Crippen LogP contribution is -2.25. The van der Waals surface area contributed by atoms with Crippen LogP contribution in [0.5, 0.6) is 0 Å². The van der Waals surface area contributed by atoms with E-state index in [1.807, 2.05) is 13.0 Å². The Balaban J connectivity index is 2.26. The maximum absolute atomic E-state index is 13.6. The summed E-state index contributed by atoms with van der Waals surface area (Å²) in [5.74, 6) is -0.189. The lowest BCUT2D eigenvalue weighted by Gasteiger charge is -2.27. The van der Waals surface area contributed by atoms with Crippen molar-refractivity contribution < 1.29 is 13.9 Å². The van der Waals surface area contributed by atoms with Crippen LogP contribution >= 0.6 is 9.24 Å². The van der Waals surface area contributed by atoms with Crippen LogP contribution in [0, 0.1) is 23.1 Å². The third-order valence-electron chi connectivity index (χ3n) is 2.59. The molecule has 1 atom stereocenters. The van der Waals surface area contributed by atoms with Crippen LogP contribution in [-0.2, 0) is 9.47 Å². The van der Waals surface area contributed by atoms with Crippen molar-refractivity contribution in [3.63, 3.8) is 0 Å². The van der Waals surface area contributed by atoms with Crippen molar-refractivity contribution in [3.8, 4) is 6.07 Å². The SMILES string of the molecule is CC1COC(c2cc(F)c(C#N)c(P)c2)OC1. The molecule has 1 aromatic rings. The van der Waals surface area contributed by atoms with Gasteiger partial charge < -0.3 is 9.47 Å². The molecule has 1 aliphatic rings. The second-order valence-electron chi connectivity index (χ2n) is 4.18. The van der Waals surface area contributed by atoms with Crippen molar-refractivity contribution in [2.75, 3.05) is 13.2 Å². The van der Waals surface area contributed by atoms with E-state index < -0.39 is 12.1 Å². The van der Waals surface area contributed by atoms with Gasteiger partial charge in [0.2, 0.25) is 0 Å². The second-order valence-corrected chi connectivity index (χ2v) is 4.80. The van der Waals surface area contributed by atoms with Gasteiger partial charge in [0.15, 0.2) is 6.29 Å². The highest BCUT2D eigenvalue weighted by molar-refractivity contribution is 7.27. The summed E-state index contributed by atoms with van der Waals surface area (Å²) in [5.41, 5.74) is 0.654. The molecule has 0 amide bonds. The van der Waals surface area contributed by atoms with Crippen LogP contribution < -0.4 is 5.30 Å². The van der Waals surface area contributed by atoms with Crippen molar-refractivity contribution >= 4 is 14.5 Å². The molecule has 0 aliphatic carbocycles. The van der Waals surface area contributed by atoms with E-state index in [0.717, 1.165) is 0 Å². The Labute approximate surface area is 102 Å². The fraction of sp³-hybridized carbons (Fsp3) is 0.417. The molecule has 0 spiro atoms. The minimum absolute atomic E-state index is 0.0444. The summed E-state index contributed by atoms with van der Waals surface area (Å²) in [7, 11) is 2.35. The highest BCUT2D eigenvalue weighted by Crippen LogP contribution is 2.26. The molecule has 0 N–H and O–H groups in total. The average Bonchev–Trinajstić information content (AvgIpc) is 2.29. The number of benzene rings is 1. The van der Waals surface area contributed by atoms with Crippen LogP contribution in [0.2, 0.25) is 0 Å². The molecule has 1 saturated heterocycles. The van der Waals surface area contributed by atoms with Crippen molar-refractivity contribution in [2.45, 2.75) is 13.2 Å². The number of rotatable bonds is 1. The quantitative estimate of drug-likeness (QED) is 0.718. The van der Waals surface area contributed by atoms with E-state index in [-0.39, 0.29) is 5.56 Å². The van der Waals surface area contributed by atoms with Crippen molar-refractivity contribution in [2.24, 2.45) is 5.92 Å². The van der Waals surface area contributed by atoms with E-state index in [4.69, 9.17) is 14.7 Å². The normalized spacial score (nSPS) is 24.4. The van der Waals surface area contributed by atoms with Crippen LogP contribution in [0.3, 0.4) is 0 Å². The minimum Gasteiger partial charge on any atom is -0.348 e. The number of hydrogen-bond donors (Lipinski definition) is 0. The first kappa shape index (κ1) is 12.4. The van der Waals surface area contributed by atoms with Gasteiger partial charge in [-0.25, -0.2) is 4.39 Å². The standard InChI is InChI=1S/C12H13FNO2P/c1-7-5-15-12(16-6-7)8-2-10(13)9(4-14)11(17)3-8/h2-3,7,12H,5-6,17H2,1H3. The fourth-order valence-electron chi connectivity index (χ4n) is 1.70. The van der Waals surface area contributed by atoms with Crippen molar-refractivity contribution in [3.05, 3.63) is 29.1 Å². The second kappa shape index (κ2) is 5.10. The van der Waals surface area contributed by atoms with Crippen LogP contribution in [0.4, 0.5) is 4.39 Å². The van der Waals surface area contributed by atoms with Gasteiger partial charge in [-0.1, -0.05) is 6.92 Å². The highest BCUT2D eigenvalue weighted by atomic mass is 31.0. The van der Waals surface area contributed by atoms with Crippen LogP contribution in [0.15, 0.2) is 12.1 Å². The predicted octanol–water partition coefficient (Wildman–Crippen LogP) is 1.88. The molecular weight excluding hydrogens is 240 g/mol. The summed E-state index contributed by atoms with van der Waals surface area (Å²) < 4.78 is 24.6. The first-order chi connectivity index (χ1) is 8.11.